The number of carbonyl (C=O) groups is 1. The van der Waals surface area contributed by atoms with Crippen LogP contribution < -0.4 is 4.90 Å². The molecule has 0 N–H and O–H groups in total. The highest BCUT2D eigenvalue weighted by molar-refractivity contribution is 7.90. The minimum Gasteiger partial charge on any atom is -0.610 e. The smallest absolute Gasteiger partial charge is 0.252 e. The van der Waals surface area contributed by atoms with Crippen LogP contribution in [0, 0.1) is 17.6 Å². The van der Waals surface area contributed by atoms with Crippen molar-refractivity contribution >= 4 is 22.9 Å². The Hall–Kier alpha value is -2.37. The second kappa shape index (κ2) is 9.01. The molecule has 4 rings (SSSR count). The summed E-state index contributed by atoms with van der Waals surface area (Å²) < 4.78 is 53.9. The number of rotatable bonds is 4. The number of carbonyl (C=O) groups excluding carboxylic acids is 1. The van der Waals surface area contributed by atoms with Gasteiger partial charge < -0.3 is 9.45 Å². The summed E-state index contributed by atoms with van der Waals surface area (Å²) in [5.41, 5.74) is 0.275. The van der Waals surface area contributed by atoms with Gasteiger partial charge in [0.2, 0.25) is 5.03 Å². The monoisotopic (exact) mass is 454 g/mol. The lowest BCUT2D eigenvalue weighted by atomic mass is 9.93. The van der Waals surface area contributed by atoms with Gasteiger partial charge >= 0.3 is 0 Å². The molecule has 0 bridgehead atoms. The fourth-order valence-corrected chi connectivity index (χ4v) is 4.44. The van der Waals surface area contributed by atoms with Gasteiger partial charge in [-0.25, -0.2) is 23.2 Å². The lowest BCUT2D eigenvalue weighted by Crippen LogP contribution is -2.49. The molecule has 7 nitrogen and oxygen atoms in total. The first kappa shape index (κ1) is 21.8. The molecule has 2 aliphatic heterocycles. The molecule has 0 unspecified atom stereocenters. The Labute approximate surface area is 180 Å². The number of aromatic nitrogens is 2. The van der Waals surface area contributed by atoms with E-state index < -0.39 is 46.8 Å². The molecular formula is C20H21F3N4O3S. The van der Waals surface area contributed by atoms with E-state index in [-0.39, 0.29) is 25.1 Å². The van der Waals surface area contributed by atoms with E-state index in [1.54, 1.807) is 11.0 Å². The molecule has 2 fully saturated rings. The predicted molar refractivity (Wildman–Crippen MR) is 106 cm³/mol. The van der Waals surface area contributed by atoms with Crippen molar-refractivity contribution in [2.45, 2.75) is 30.1 Å². The van der Waals surface area contributed by atoms with Crippen LogP contribution >= 0.6 is 0 Å². The van der Waals surface area contributed by atoms with Crippen molar-refractivity contribution in [3.05, 3.63) is 47.8 Å². The third kappa shape index (κ3) is 4.63. The number of amides is 1. The molecule has 31 heavy (non-hydrogen) atoms. The highest BCUT2D eigenvalue weighted by Crippen LogP contribution is 2.35. The van der Waals surface area contributed by atoms with Crippen LogP contribution in [-0.4, -0.2) is 57.6 Å². The van der Waals surface area contributed by atoms with E-state index in [9.17, 15) is 18.1 Å². The van der Waals surface area contributed by atoms with Crippen molar-refractivity contribution in [1.82, 2.24) is 15.0 Å². The topological polar surface area (TPSA) is 81.6 Å². The van der Waals surface area contributed by atoms with Crippen LogP contribution in [0.4, 0.5) is 19.0 Å². The summed E-state index contributed by atoms with van der Waals surface area (Å²) in [6.45, 7) is 0.481. The zero-order valence-corrected chi connectivity index (χ0v) is 17.5. The SMILES string of the molecule is C[S@+]([O-])c1cc(N2CC[C@@H](C(=O)N3OCC[C@H]3c3cc(F)cc(F)c3)[C@@H](F)C2)ncn1. The molecule has 1 aromatic heterocycles. The van der Waals surface area contributed by atoms with Crippen LogP contribution in [0.15, 0.2) is 35.6 Å². The van der Waals surface area contributed by atoms with Crippen LogP contribution in [0.25, 0.3) is 0 Å². The van der Waals surface area contributed by atoms with Crippen LogP contribution in [0.3, 0.4) is 0 Å². The summed E-state index contributed by atoms with van der Waals surface area (Å²) >= 11 is -1.30. The first-order chi connectivity index (χ1) is 14.8. The summed E-state index contributed by atoms with van der Waals surface area (Å²) in [6, 6.07) is 3.94. The summed E-state index contributed by atoms with van der Waals surface area (Å²) in [4.78, 5) is 28.2. The van der Waals surface area contributed by atoms with Crippen molar-refractivity contribution in [2.75, 3.05) is 30.9 Å². The van der Waals surface area contributed by atoms with Crippen LogP contribution in [-0.2, 0) is 20.8 Å². The first-order valence-corrected chi connectivity index (χ1v) is 11.4. The number of nitrogens with zero attached hydrogens (tertiary/aromatic N) is 4. The van der Waals surface area contributed by atoms with E-state index in [0.29, 0.717) is 23.8 Å². The lowest BCUT2D eigenvalue weighted by molar-refractivity contribution is -0.184. The van der Waals surface area contributed by atoms with Crippen LogP contribution in [0.1, 0.15) is 24.4 Å². The Kier molecular flexibility index (Phi) is 6.35. The van der Waals surface area contributed by atoms with Crippen molar-refractivity contribution in [3.8, 4) is 0 Å². The van der Waals surface area contributed by atoms with Gasteiger partial charge in [-0.05, 0) is 24.1 Å². The van der Waals surface area contributed by atoms with Crippen molar-refractivity contribution in [3.63, 3.8) is 0 Å². The number of hydrogen-bond acceptors (Lipinski definition) is 6. The quantitative estimate of drug-likeness (QED) is 0.522. The summed E-state index contributed by atoms with van der Waals surface area (Å²) in [6.07, 6.45) is 1.84. The Bertz CT molecular complexity index is 947. The zero-order valence-electron chi connectivity index (χ0n) is 16.7. The molecule has 0 aliphatic carbocycles. The molecule has 3 heterocycles. The number of hydrogen-bond donors (Lipinski definition) is 0. The van der Waals surface area contributed by atoms with Gasteiger partial charge in [-0.2, -0.15) is 4.98 Å². The maximum Gasteiger partial charge on any atom is 0.252 e. The second-order valence-corrected chi connectivity index (χ2v) is 8.86. The average Bonchev–Trinajstić information content (AvgIpc) is 3.22. The van der Waals surface area contributed by atoms with Crippen LogP contribution in [0.2, 0.25) is 0 Å². The van der Waals surface area contributed by atoms with Gasteiger partial charge in [-0.15, -0.1) is 0 Å². The fraction of sp³-hybridized carbons (Fsp3) is 0.450. The highest BCUT2D eigenvalue weighted by atomic mass is 32.2. The molecule has 2 aliphatic rings. The number of alkyl halides is 1. The zero-order chi connectivity index (χ0) is 22.1. The number of halogens is 3. The molecule has 1 amide bonds. The number of benzene rings is 1. The summed E-state index contributed by atoms with van der Waals surface area (Å²) in [5.74, 6) is -2.54. The van der Waals surface area contributed by atoms with Crippen molar-refractivity contribution in [1.29, 1.82) is 0 Å². The van der Waals surface area contributed by atoms with Gasteiger partial charge in [0.25, 0.3) is 5.91 Å². The minimum atomic E-state index is -1.50. The largest absolute Gasteiger partial charge is 0.610 e. The second-order valence-electron chi connectivity index (χ2n) is 7.53. The first-order valence-electron chi connectivity index (χ1n) is 9.80. The maximum absolute atomic E-state index is 15.0. The third-order valence-electron chi connectivity index (χ3n) is 5.50. The Morgan fingerprint density at radius 2 is 1.94 bits per heavy atom. The molecule has 4 atom stereocenters. The van der Waals surface area contributed by atoms with E-state index in [1.165, 1.54) is 12.6 Å². The van der Waals surface area contributed by atoms with Gasteiger partial charge in [0.1, 0.15) is 36.2 Å². The maximum atomic E-state index is 15.0. The van der Waals surface area contributed by atoms with E-state index in [4.69, 9.17) is 4.84 Å². The molecular weight excluding hydrogens is 433 g/mol. The standard InChI is InChI=1S/C20H21F3N4O3S/c1-31(29)19-9-18(24-11-25-19)26-4-2-15(16(23)10-26)20(28)27-17(3-5-30-27)12-6-13(21)8-14(22)7-12/h6-9,11,15-17H,2-5,10H2,1H3/t15-,16+,17+,31+/m1/s1. The molecule has 2 saturated heterocycles. The lowest BCUT2D eigenvalue weighted by Gasteiger charge is -2.36. The summed E-state index contributed by atoms with van der Waals surface area (Å²) in [5, 5.41) is 1.40. The Balaban J connectivity index is 1.47. The van der Waals surface area contributed by atoms with E-state index >= 15 is 4.39 Å². The van der Waals surface area contributed by atoms with Gasteiger partial charge in [0.05, 0.1) is 31.2 Å². The highest BCUT2D eigenvalue weighted by Gasteiger charge is 2.42. The normalized spacial score (nSPS) is 25.0. The van der Waals surface area contributed by atoms with Crippen molar-refractivity contribution < 1.29 is 27.4 Å². The summed E-state index contributed by atoms with van der Waals surface area (Å²) in [7, 11) is 0. The van der Waals surface area contributed by atoms with Gasteiger partial charge in [0, 0.05) is 30.2 Å². The fourth-order valence-electron chi connectivity index (χ4n) is 3.97. The van der Waals surface area contributed by atoms with Gasteiger partial charge in [-0.1, -0.05) is 0 Å². The van der Waals surface area contributed by atoms with Crippen molar-refractivity contribution in [2.24, 2.45) is 5.92 Å². The molecule has 0 radical (unpaired) electrons. The van der Waals surface area contributed by atoms with Gasteiger partial charge in [0.15, 0.2) is 0 Å². The Morgan fingerprint density at radius 3 is 2.61 bits per heavy atom. The number of piperidine rings is 1. The Morgan fingerprint density at radius 1 is 1.19 bits per heavy atom. The molecule has 2 aromatic rings. The number of hydroxylamine groups is 2. The molecule has 0 spiro atoms. The molecule has 11 heteroatoms. The average molecular weight is 454 g/mol. The van der Waals surface area contributed by atoms with E-state index in [2.05, 4.69) is 9.97 Å². The van der Waals surface area contributed by atoms with E-state index in [0.717, 1.165) is 23.3 Å². The third-order valence-corrected chi connectivity index (χ3v) is 6.31. The van der Waals surface area contributed by atoms with Gasteiger partial charge in [-0.3, -0.25) is 9.63 Å². The minimum absolute atomic E-state index is 0.0731. The van der Waals surface area contributed by atoms with E-state index in [1.807, 2.05) is 0 Å². The molecule has 1 aromatic carbocycles. The molecule has 166 valence electrons. The number of anilines is 1. The molecule has 0 saturated carbocycles. The van der Waals surface area contributed by atoms with Crippen LogP contribution in [0.5, 0.6) is 0 Å². The predicted octanol–water partition coefficient (Wildman–Crippen LogP) is 2.56.